The number of rotatable bonds is 3. The van der Waals surface area contributed by atoms with E-state index in [1.165, 1.54) is 0 Å². The fraction of sp³-hybridized carbons (Fsp3) is 0.571. The first-order valence-corrected chi connectivity index (χ1v) is 6.93. The molecular weight excluding hydrogens is 266 g/mol. The Hall–Kier alpha value is -0.970. The molecule has 1 unspecified atom stereocenters. The Morgan fingerprint density at radius 3 is 2.79 bits per heavy atom. The van der Waals surface area contributed by atoms with E-state index >= 15 is 0 Å². The lowest BCUT2D eigenvalue weighted by Crippen LogP contribution is -2.17. The highest BCUT2D eigenvalue weighted by Crippen LogP contribution is 2.50. The fourth-order valence-corrected chi connectivity index (χ4v) is 2.58. The highest BCUT2D eigenvalue weighted by molar-refractivity contribution is 6.32. The molecule has 1 atom stereocenters. The maximum absolute atomic E-state index is 10.0. The van der Waals surface area contributed by atoms with Gasteiger partial charge in [0.2, 0.25) is 0 Å². The summed E-state index contributed by atoms with van der Waals surface area (Å²) >= 11 is 6.24. The van der Waals surface area contributed by atoms with Gasteiger partial charge in [-0.05, 0) is 37.6 Å². The topological polar surface area (TPSA) is 50.7 Å². The number of halogens is 1. The van der Waals surface area contributed by atoms with E-state index < -0.39 is 6.10 Å². The van der Waals surface area contributed by atoms with Crippen LogP contribution in [0, 0.1) is 5.41 Å². The second-order valence-corrected chi connectivity index (χ2v) is 5.89. The summed E-state index contributed by atoms with van der Waals surface area (Å²) in [6.07, 6.45) is 1.69. The Kier molecular flexibility index (Phi) is 3.33. The third-order valence-electron chi connectivity index (χ3n) is 3.83. The van der Waals surface area contributed by atoms with Crippen LogP contribution in [0.5, 0.6) is 11.5 Å². The minimum Gasteiger partial charge on any atom is -0.489 e. The average molecular weight is 284 g/mol. The third kappa shape index (κ3) is 2.53. The number of hydrogen-bond acceptors (Lipinski definition) is 4. The van der Waals surface area contributed by atoms with Gasteiger partial charge in [-0.15, -0.1) is 0 Å². The van der Waals surface area contributed by atoms with Crippen molar-refractivity contribution in [1.29, 1.82) is 0 Å². The first-order valence-electron chi connectivity index (χ1n) is 6.55. The van der Waals surface area contributed by atoms with E-state index in [2.05, 4.69) is 5.32 Å². The lowest BCUT2D eigenvalue weighted by molar-refractivity contribution is 0.177. The highest BCUT2D eigenvalue weighted by atomic mass is 35.5. The van der Waals surface area contributed by atoms with Crippen LogP contribution in [0.2, 0.25) is 5.02 Å². The molecule has 2 N–H and O–H groups in total. The smallest absolute Gasteiger partial charge is 0.179 e. The van der Waals surface area contributed by atoms with Gasteiger partial charge in [0.05, 0.1) is 24.3 Å². The molecule has 104 valence electrons. The predicted molar refractivity (Wildman–Crippen MR) is 73.0 cm³/mol. The number of ether oxygens (including phenoxy) is 2. The lowest BCUT2D eigenvalue weighted by atomic mass is 10.1. The van der Waals surface area contributed by atoms with E-state index in [0.29, 0.717) is 36.3 Å². The molecule has 1 spiro atoms. The molecule has 0 bridgehead atoms. The van der Waals surface area contributed by atoms with Crippen molar-refractivity contribution in [1.82, 2.24) is 5.32 Å². The van der Waals surface area contributed by atoms with E-state index in [1.807, 2.05) is 6.07 Å². The SMILES string of the molecule is CNCC(O)c1cc(Cl)c2c(c1)OCC1(CC1)CO2. The Morgan fingerprint density at radius 2 is 2.11 bits per heavy atom. The van der Waals surface area contributed by atoms with Gasteiger partial charge in [0.25, 0.3) is 0 Å². The molecule has 3 rings (SSSR count). The number of aliphatic hydroxyl groups excluding tert-OH is 1. The van der Waals surface area contributed by atoms with Gasteiger partial charge >= 0.3 is 0 Å². The standard InChI is InChI=1S/C14H18ClNO3/c1-16-6-11(17)9-4-10(15)13-12(5-9)18-7-14(2-3-14)8-19-13/h4-5,11,16-17H,2-3,6-8H2,1H3. The van der Waals surface area contributed by atoms with Crippen LogP contribution >= 0.6 is 11.6 Å². The molecule has 19 heavy (non-hydrogen) atoms. The van der Waals surface area contributed by atoms with Crippen molar-refractivity contribution in [2.75, 3.05) is 26.8 Å². The number of nitrogens with one attached hydrogen (secondary N) is 1. The molecule has 1 saturated carbocycles. The van der Waals surface area contributed by atoms with E-state index in [-0.39, 0.29) is 5.41 Å². The van der Waals surface area contributed by atoms with Crippen LogP contribution < -0.4 is 14.8 Å². The van der Waals surface area contributed by atoms with Crippen LogP contribution in [0.1, 0.15) is 24.5 Å². The van der Waals surface area contributed by atoms with Crippen LogP contribution in [0.15, 0.2) is 12.1 Å². The van der Waals surface area contributed by atoms with Gasteiger partial charge in [-0.25, -0.2) is 0 Å². The van der Waals surface area contributed by atoms with Gasteiger partial charge in [0, 0.05) is 12.0 Å². The molecule has 0 radical (unpaired) electrons. The third-order valence-corrected chi connectivity index (χ3v) is 4.11. The monoisotopic (exact) mass is 283 g/mol. The molecule has 1 aromatic carbocycles. The molecule has 1 aliphatic carbocycles. The summed E-state index contributed by atoms with van der Waals surface area (Å²) in [7, 11) is 1.80. The number of fused-ring (bicyclic) bond motifs is 1. The zero-order valence-electron chi connectivity index (χ0n) is 10.9. The number of benzene rings is 1. The van der Waals surface area contributed by atoms with Crippen LogP contribution in [0.3, 0.4) is 0 Å². The molecule has 2 aliphatic rings. The van der Waals surface area contributed by atoms with Crippen molar-refractivity contribution in [3.63, 3.8) is 0 Å². The summed E-state index contributed by atoms with van der Waals surface area (Å²) in [5, 5.41) is 13.5. The maximum atomic E-state index is 10.0. The first-order chi connectivity index (χ1) is 9.13. The molecule has 1 aliphatic heterocycles. The van der Waals surface area contributed by atoms with Crippen molar-refractivity contribution in [3.05, 3.63) is 22.7 Å². The van der Waals surface area contributed by atoms with Gasteiger partial charge in [-0.3, -0.25) is 0 Å². The van der Waals surface area contributed by atoms with Crippen molar-refractivity contribution < 1.29 is 14.6 Å². The zero-order chi connectivity index (χ0) is 13.5. The quantitative estimate of drug-likeness (QED) is 0.892. The van der Waals surface area contributed by atoms with E-state index in [1.54, 1.807) is 13.1 Å². The predicted octanol–water partition coefficient (Wildman–Crippen LogP) is 2.14. The summed E-state index contributed by atoms with van der Waals surface area (Å²) in [6, 6.07) is 3.57. The zero-order valence-corrected chi connectivity index (χ0v) is 11.7. The van der Waals surface area contributed by atoms with E-state index in [0.717, 1.165) is 18.4 Å². The highest BCUT2D eigenvalue weighted by Gasteiger charge is 2.46. The molecule has 4 nitrogen and oxygen atoms in total. The number of hydrogen-bond donors (Lipinski definition) is 2. The van der Waals surface area contributed by atoms with Gasteiger partial charge < -0.3 is 19.9 Å². The van der Waals surface area contributed by atoms with Crippen molar-refractivity contribution >= 4 is 11.6 Å². The Labute approximate surface area is 117 Å². The second kappa shape index (κ2) is 4.85. The van der Waals surface area contributed by atoms with Gasteiger partial charge in [-0.2, -0.15) is 0 Å². The second-order valence-electron chi connectivity index (χ2n) is 5.48. The van der Waals surface area contributed by atoms with Crippen molar-refractivity contribution in [2.45, 2.75) is 18.9 Å². The number of likely N-dealkylation sites (N-methyl/N-ethyl adjacent to an activating group) is 1. The Morgan fingerprint density at radius 1 is 1.37 bits per heavy atom. The molecule has 1 heterocycles. The molecule has 0 saturated heterocycles. The van der Waals surface area contributed by atoms with Gasteiger partial charge in [0.1, 0.15) is 0 Å². The minimum atomic E-state index is -0.602. The lowest BCUT2D eigenvalue weighted by Gasteiger charge is -2.15. The fourth-order valence-electron chi connectivity index (χ4n) is 2.30. The number of aliphatic hydroxyl groups is 1. The summed E-state index contributed by atoms with van der Waals surface area (Å²) in [5.41, 5.74) is 0.931. The van der Waals surface area contributed by atoms with Crippen LogP contribution in [0.4, 0.5) is 0 Å². The molecule has 1 aromatic rings. The Bertz CT molecular complexity index is 488. The largest absolute Gasteiger partial charge is 0.489 e. The van der Waals surface area contributed by atoms with E-state index in [9.17, 15) is 5.11 Å². The summed E-state index contributed by atoms with van der Waals surface area (Å²) in [5.74, 6) is 1.24. The van der Waals surface area contributed by atoms with Crippen LogP contribution in [0.25, 0.3) is 0 Å². The molecular formula is C14H18ClNO3. The van der Waals surface area contributed by atoms with Crippen LogP contribution in [-0.2, 0) is 0 Å². The molecule has 5 heteroatoms. The normalized spacial score (nSPS) is 21.0. The molecule has 0 aromatic heterocycles. The minimum absolute atomic E-state index is 0.187. The molecule has 0 amide bonds. The van der Waals surface area contributed by atoms with Crippen molar-refractivity contribution in [3.8, 4) is 11.5 Å². The van der Waals surface area contributed by atoms with Crippen LogP contribution in [-0.4, -0.2) is 31.9 Å². The van der Waals surface area contributed by atoms with Gasteiger partial charge in [0.15, 0.2) is 11.5 Å². The Balaban J connectivity index is 1.88. The summed E-state index contributed by atoms with van der Waals surface area (Å²) in [6.45, 7) is 1.81. The maximum Gasteiger partial charge on any atom is 0.179 e. The average Bonchev–Trinajstić information content (AvgIpc) is 3.18. The summed E-state index contributed by atoms with van der Waals surface area (Å²) in [4.78, 5) is 0. The van der Waals surface area contributed by atoms with Gasteiger partial charge in [-0.1, -0.05) is 11.6 Å². The summed E-state index contributed by atoms with van der Waals surface area (Å²) < 4.78 is 11.6. The first kappa shape index (κ1) is 13.0. The van der Waals surface area contributed by atoms with Crippen molar-refractivity contribution in [2.24, 2.45) is 5.41 Å². The van der Waals surface area contributed by atoms with E-state index in [4.69, 9.17) is 21.1 Å². The molecule has 1 fully saturated rings.